The highest BCUT2D eigenvalue weighted by Crippen LogP contribution is 2.09. The first-order valence-electron chi connectivity index (χ1n) is 7.09. The Kier molecular flexibility index (Phi) is 5.49. The molecule has 0 aromatic heterocycles. The Morgan fingerprint density at radius 1 is 1.30 bits per heavy atom. The molecule has 1 aliphatic rings. The third-order valence-electron chi connectivity index (χ3n) is 3.60. The molecule has 0 bridgehead atoms. The van der Waals surface area contributed by atoms with Gasteiger partial charge in [-0.1, -0.05) is 0 Å². The van der Waals surface area contributed by atoms with E-state index in [2.05, 4.69) is 10.2 Å². The lowest BCUT2D eigenvalue weighted by Gasteiger charge is -2.29. The summed E-state index contributed by atoms with van der Waals surface area (Å²) in [4.78, 5) is 14.1. The minimum atomic E-state index is -0.339. The summed E-state index contributed by atoms with van der Waals surface area (Å²) in [5.41, 5.74) is 0.479. The van der Waals surface area contributed by atoms with E-state index in [0.29, 0.717) is 12.1 Å². The second-order valence-electron chi connectivity index (χ2n) is 5.19. The van der Waals surface area contributed by atoms with E-state index in [1.165, 1.54) is 24.3 Å². The fraction of sp³-hybridized carbons (Fsp3) is 0.533. The van der Waals surface area contributed by atoms with Gasteiger partial charge in [-0.15, -0.1) is 0 Å². The average Bonchev–Trinajstić information content (AvgIpc) is 2.46. The molecule has 5 heteroatoms. The van der Waals surface area contributed by atoms with Gasteiger partial charge in [-0.3, -0.25) is 4.79 Å². The summed E-state index contributed by atoms with van der Waals surface area (Å²) in [7, 11) is 0. The largest absolute Gasteiger partial charge is 0.393 e. The molecule has 1 amide bonds. The number of benzene rings is 1. The van der Waals surface area contributed by atoms with Crippen LogP contribution in [0.3, 0.4) is 0 Å². The first-order chi connectivity index (χ1) is 9.65. The van der Waals surface area contributed by atoms with E-state index in [1.807, 2.05) is 0 Å². The highest BCUT2D eigenvalue weighted by molar-refractivity contribution is 5.94. The maximum Gasteiger partial charge on any atom is 0.251 e. The van der Waals surface area contributed by atoms with E-state index in [4.69, 9.17) is 0 Å². The lowest BCUT2D eigenvalue weighted by atomic mass is 10.1. The summed E-state index contributed by atoms with van der Waals surface area (Å²) in [5.74, 6) is -0.507. The predicted octanol–water partition coefficient (Wildman–Crippen LogP) is 1.40. The van der Waals surface area contributed by atoms with E-state index in [9.17, 15) is 14.3 Å². The summed E-state index contributed by atoms with van der Waals surface area (Å²) in [6, 6.07) is 5.54. The van der Waals surface area contributed by atoms with Crippen LogP contribution in [-0.2, 0) is 0 Å². The van der Waals surface area contributed by atoms with E-state index in [-0.39, 0.29) is 17.8 Å². The van der Waals surface area contributed by atoms with Crippen molar-refractivity contribution in [1.82, 2.24) is 10.2 Å². The third-order valence-corrected chi connectivity index (χ3v) is 3.60. The minimum absolute atomic E-state index is 0.149. The van der Waals surface area contributed by atoms with Gasteiger partial charge in [0.2, 0.25) is 0 Å². The van der Waals surface area contributed by atoms with Crippen molar-refractivity contribution in [2.75, 3.05) is 26.2 Å². The molecule has 4 nitrogen and oxygen atoms in total. The number of nitrogens with one attached hydrogen (secondary N) is 1. The number of piperidine rings is 1. The zero-order valence-corrected chi connectivity index (χ0v) is 11.5. The van der Waals surface area contributed by atoms with Crippen LogP contribution in [0.25, 0.3) is 0 Å². The first-order valence-corrected chi connectivity index (χ1v) is 7.09. The van der Waals surface area contributed by atoms with Gasteiger partial charge >= 0.3 is 0 Å². The fourth-order valence-corrected chi connectivity index (χ4v) is 2.35. The molecular weight excluding hydrogens is 259 g/mol. The number of rotatable bonds is 5. The zero-order chi connectivity index (χ0) is 14.4. The van der Waals surface area contributed by atoms with Crippen molar-refractivity contribution in [3.8, 4) is 0 Å². The van der Waals surface area contributed by atoms with Crippen LogP contribution in [0.15, 0.2) is 24.3 Å². The molecule has 20 heavy (non-hydrogen) atoms. The van der Waals surface area contributed by atoms with Gasteiger partial charge in [0.05, 0.1) is 6.10 Å². The van der Waals surface area contributed by atoms with Gasteiger partial charge in [0.1, 0.15) is 5.82 Å². The zero-order valence-electron chi connectivity index (χ0n) is 11.5. The van der Waals surface area contributed by atoms with Gasteiger partial charge in [0.25, 0.3) is 5.91 Å². The Morgan fingerprint density at radius 3 is 2.60 bits per heavy atom. The number of likely N-dealkylation sites (tertiary alicyclic amines) is 1. The fourth-order valence-electron chi connectivity index (χ4n) is 2.35. The van der Waals surface area contributed by atoms with Crippen molar-refractivity contribution in [3.05, 3.63) is 35.6 Å². The average molecular weight is 280 g/mol. The molecule has 1 heterocycles. The number of halogens is 1. The van der Waals surface area contributed by atoms with Crippen molar-refractivity contribution in [3.63, 3.8) is 0 Å². The molecule has 1 aliphatic heterocycles. The Hall–Kier alpha value is -1.46. The van der Waals surface area contributed by atoms with Gasteiger partial charge in [0.15, 0.2) is 0 Å². The summed E-state index contributed by atoms with van der Waals surface area (Å²) >= 11 is 0. The molecular formula is C15H21FN2O2. The van der Waals surface area contributed by atoms with Crippen LogP contribution < -0.4 is 5.32 Å². The van der Waals surface area contributed by atoms with Crippen molar-refractivity contribution < 1.29 is 14.3 Å². The molecule has 110 valence electrons. The number of amides is 1. The quantitative estimate of drug-likeness (QED) is 0.802. The standard InChI is InChI=1S/C15H21FN2O2/c16-13-4-2-12(3-5-13)15(20)17-8-1-9-18-10-6-14(19)7-11-18/h2-5,14,19H,1,6-11H2,(H,17,20). The van der Waals surface area contributed by atoms with E-state index < -0.39 is 0 Å². The highest BCUT2D eigenvalue weighted by Gasteiger charge is 2.16. The molecule has 0 aliphatic carbocycles. The number of carbonyl (C=O) groups is 1. The first kappa shape index (κ1) is 14.9. The molecule has 0 radical (unpaired) electrons. The maximum absolute atomic E-state index is 12.7. The molecule has 2 N–H and O–H groups in total. The Labute approximate surface area is 118 Å². The lowest BCUT2D eigenvalue weighted by molar-refractivity contribution is 0.0816. The molecule has 0 atom stereocenters. The van der Waals surface area contributed by atoms with Gasteiger partial charge in [-0.05, 0) is 50.1 Å². The Balaban J connectivity index is 1.63. The number of hydrogen-bond acceptors (Lipinski definition) is 3. The number of nitrogens with zero attached hydrogens (tertiary/aromatic N) is 1. The van der Waals surface area contributed by atoms with E-state index in [1.54, 1.807) is 0 Å². The SMILES string of the molecule is O=C(NCCCN1CCC(O)CC1)c1ccc(F)cc1. The van der Waals surface area contributed by atoms with Gasteiger partial charge in [0, 0.05) is 25.2 Å². The van der Waals surface area contributed by atoms with Gasteiger partial charge < -0.3 is 15.3 Å². The molecule has 1 fully saturated rings. The van der Waals surface area contributed by atoms with Crippen LogP contribution in [0, 0.1) is 5.82 Å². The number of aliphatic hydroxyl groups is 1. The Morgan fingerprint density at radius 2 is 1.95 bits per heavy atom. The summed E-state index contributed by atoms with van der Waals surface area (Å²) in [6.45, 7) is 3.38. The van der Waals surface area contributed by atoms with Gasteiger partial charge in [-0.2, -0.15) is 0 Å². The third kappa shape index (κ3) is 4.58. The molecule has 0 unspecified atom stereocenters. The molecule has 1 aromatic carbocycles. The van der Waals surface area contributed by atoms with Crippen molar-refractivity contribution >= 4 is 5.91 Å². The molecule has 1 aromatic rings. The smallest absolute Gasteiger partial charge is 0.251 e. The van der Waals surface area contributed by atoms with E-state index >= 15 is 0 Å². The van der Waals surface area contributed by atoms with Crippen molar-refractivity contribution in [2.24, 2.45) is 0 Å². The molecule has 0 spiro atoms. The molecule has 0 saturated carbocycles. The van der Waals surface area contributed by atoms with Crippen LogP contribution in [-0.4, -0.2) is 48.2 Å². The van der Waals surface area contributed by atoms with E-state index in [0.717, 1.165) is 38.9 Å². The number of aliphatic hydroxyl groups excluding tert-OH is 1. The summed E-state index contributed by atoms with van der Waals surface area (Å²) < 4.78 is 12.7. The lowest BCUT2D eigenvalue weighted by Crippen LogP contribution is -2.37. The van der Waals surface area contributed by atoms with Crippen molar-refractivity contribution in [1.29, 1.82) is 0 Å². The van der Waals surface area contributed by atoms with Crippen LogP contribution in [0.5, 0.6) is 0 Å². The van der Waals surface area contributed by atoms with Gasteiger partial charge in [-0.25, -0.2) is 4.39 Å². The van der Waals surface area contributed by atoms with Crippen LogP contribution in [0.1, 0.15) is 29.6 Å². The highest BCUT2D eigenvalue weighted by atomic mass is 19.1. The molecule has 2 rings (SSSR count). The van der Waals surface area contributed by atoms with Crippen molar-refractivity contribution in [2.45, 2.75) is 25.4 Å². The number of carbonyl (C=O) groups excluding carboxylic acids is 1. The topological polar surface area (TPSA) is 52.6 Å². The second-order valence-corrected chi connectivity index (χ2v) is 5.19. The van der Waals surface area contributed by atoms with Crippen LogP contribution in [0.4, 0.5) is 4.39 Å². The van der Waals surface area contributed by atoms with Crippen LogP contribution >= 0.6 is 0 Å². The second kappa shape index (κ2) is 7.36. The maximum atomic E-state index is 12.7. The predicted molar refractivity (Wildman–Crippen MR) is 75.0 cm³/mol. The monoisotopic (exact) mass is 280 g/mol. The minimum Gasteiger partial charge on any atom is -0.393 e. The normalized spacial score (nSPS) is 17.1. The summed E-state index contributed by atoms with van der Waals surface area (Å²) in [6.07, 6.45) is 2.40. The molecule has 1 saturated heterocycles. The summed E-state index contributed by atoms with van der Waals surface area (Å²) in [5, 5.41) is 12.2. The van der Waals surface area contributed by atoms with Crippen LogP contribution in [0.2, 0.25) is 0 Å². The Bertz CT molecular complexity index is 428. The number of hydrogen-bond donors (Lipinski definition) is 2.